The van der Waals surface area contributed by atoms with Gasteiger partial charge < -0.3 is 14.9 Å². The number of carbonyl (C=O) groups excluding carboxylic acids is 1. The summed E-state index contributed by atoms with van der Waals surface area (Å²) in [5.74, 6) is -5.74. The third-order valence-electron chi connectivity index (χ3n) is 3.44. The summed E-state index contributed by atoms with van der Waals surface area (Å²) < 4.78 is 42.4. The molecule has 2 aliphatic rings. The first-order valence-electron chi connectivity index (χ1n) is 5.67. The summed E-state index contributed by atoms with van der Waals surface area (Å²) in [5, 5.41) is 18.2. The Morgan fingerprint density at radius 3 is 2.44 bits per heavy atom. The Kier molecular flexibility index (Phi) is 3.14. The first kappa shape index (κ1) is 13.4. The molecular formula is C11H13F3O4. The molecule has 0 aromatic heterocycles. The van der Waals surface area contributed by atoms with Gasteiger partial charge in [-0.05, 0) is 19.3 Å². The second kappa shape index (κ2) is 4.24. The van der Waals surface area contributed by atoms with Gasteiger partial charge in [0.2, 0.25) is 0 Å². The number of carbonyl (C=O) groups is 1. The molecule has 7 heteroatoms. The van der Waals surface area contributed by atoms with Crippen LogP contribution in [0.25, 0.3) is 0 Å². The van der Waals surface area contributed by atoms with Gasteiger partial charge in [-0.1, -0.05) is 6.42 Å². The van der Waals surface area contributed by atoms with Crippen LogP contribution in [0.5, 0.6) is 0 Å². The van der Waals surface area contributed by atoms with Crippen molar-refractivity contribution in [3.8, 4) is 0 Å². The molecule has 0 radical (unpaired) electrons. The quantitative estimate of drug-likeness (QED) is 0.701. The van der Waals surface area contributed by atoms with Gasteiger partial charge in [-0.3, -0.25) is 4.79 Å². The molecule has 1 fully saturated rings. The minimum Gasteiger partial charge on any atom is -0.497 e. The molecule has 1 aliphatic carbocycles. The van der Waals surface area contributed by atoms with Crippen molar-refractivity contribution >= 4 is 5.78 Å². The molecule has 0 spiro atoms. The van der Waals surface area contributed by atoms with Gasteiger partial charge in [-0.15, -0.1) is 0 Å². The average Bonchev–Trinajstić information content (AvgIpc) is 2.28. The van der Waals surface area contributed by atoms with Crippen LogP contribution in [-0.4, -0.2) is 34.1 Å². The zero-order valence-electron chi connectivity index (χ0n) is 9.41. The molecule has 1 heterocycles. The lowest BCUT2D eigenvalue weighted by Crippen LogP contribution is -2.52. The Labute approximate surface area is 101 Å². The summed E-state index contributed by atoms with van der Waals surface area (Å²) in [6.45, 7) is 0. The van der Waals surface area contributed by atoms with E-state index >= 15 is 0 Å². The highest BCUT2D eigenvalue weighted by Crippen LogP contribution is 2.40. The van der Waals surface area contributed by atoms with Crippen LogP contribution in [0.2, 0.25) is 0 Å². The Morgan fingerprint density at radius 2 is 1.83 bits per heavy atom. The first-order valence-corrected chi connectivity index (χ1v) is 5.67. The largest absolute Gasteiger partial charge is 0.497 e. The molecule has 0 amide bonds. The van der Waals surface area contributed by atoms with Crippen molar-refractivity contribution in [3.05, 3.63) is 11.8 Å². The van der Waals surface area contributed by atoms with Crippen LogP contribution in [0.15, 0.2) is 11.8 Å². The lowest BCUT2D eigenvalue weighted by Gasteiger charge is -2.37. The lowest BCUT2D eigenvalue weighted by molar-refractivity contribution is -0.329. The fourth-order valence-corrected chi connectivity index (χ4v) is 2.38. The first-order chi connectivity index (χ1) is 8.25. The number of Topliss-reactive ketones (excluding diaryl/α,β-unsaturated/α-hetero) is 1. The summed E-state index contributed by atoms with van der Waals surface area (Å²) in [7, 11) is 0. The Hall–Kier alpha value is -1.08. The zero-order valence-corrected chi connectivity index (χ0v) is 9.41. The van der Waals surface area contributed by atoms with E-state index in [2.05, 4.69) is 0 Å². The topological polar surface area (TPSA) is 66.8 Å². The maximum atomic E-state index is 12.5. The highest BCUT2D eigenvalue weighted by Gasteiger charge is 2.59. The fraction of sp³-hybridized carbons (Fsp3) is 0.727. The van der Waals surface area contributed by atoms with Gasteiger partial charge in [0.25, 0.3) is 5.79 Å². The summed E-state index contributed by atoms with van der Waals surface area (Å²) >= 11 is 0. The van der Waals surface area contributed by atoms with E-state index in [-0.39, 0.29) is 0 Å². The molecule has 1 saturated carbocycles. The van der Waals surface area contributed by atoms with E-state index < -0.39 is 35.3 Å². The molecule has 0 aromatic rings. The maximum absolute atomic E-state index is 12.5. The van der Waals surface area contributed by atoms with E-state index in [1.165, 1.54) is 0 Å². The molecule has 0 aromatic carbocycles. The van der Waals surface area contributed by atoms with E-state index in [1.807, 2.05) is 0 Å². The van der Waals surface area contributed by atoms with Crippen LogP contribution in [0.1, 0.15) is 25.7 Å². The van der Waals surface area contributed by atoms with Crippen LogP contribution in [0, 0.1) is 5.92 Å². The monoisotopic (exact) mass is 266 g/mol. The van der Waals surface area contributed by atoms with E-state index in [4.69, 9.17) is 14.9 Å². The second-order valence-electron chi connectivity index (χ2n) is 4.63. The molecule has 0 bridgehead atoms. The van der Waals surface area contributed by atoms with Gasteiger partial charge in [0.05, 0.1) is 17.8 Å². The van der Waals surface area contributed by atoms with Crippen molar-refractivity contribution in [2.75, 3.05) is 0 Å². The van der Waals surface area contributed by atoms with E-state index in [1.54, 1.807) is 0 Å². The third-order valence-corrected chi connectivity index (χ3v) is 3.44. The average molecular weight is 266 g/mol. The second-order valence-corrected chi connectivity index (χ2v) is 4.63. The predicted molar refractivity (Wildman–Crippen MR) is 53.1 cm³/mol. The Balaban J connectivity index is 2.30. The highest BCUT2D eigenvalue weighted by atomic mass is 19.4. The SMILES string of the molecule is O=C1C(C(O)(O)C(F)(F)F)=COC2CCCCC12. The number of halogens is 3. The van der Waals surface area contributed by atoms with Crippen molar-refractivity contribution in [3.63, 3.8) is 0 Å². The third kappa shape index (κ3) is 2.01. The van der Waals surface area contributed by atoms with Crippen molar-refractivity contribution in [1.29, 1.82) is 0 Å². The number of hydrogen-bond acceptors (Lipinski definition) is 4. The molecule has 2 unspecified atom stereocenters. The molecule has 2 N–H and O–H groups in total. The van der Waals surface area contributed by atoms with Crippen molar-refractivity contribution < 1.29 is 32.9 Å². The lowest BCUT2D eigenvalue weighted by atomic mass is 9.78. The van der Waals surface area contributed by atoms with Crippen molar-refractivity contribution in [1.82, 2.24) is 0 Å². The molecule has 0 saturated heterocycles. The minimum atomic E-state index is -5.33. The normalized spacial score (nSPS) is 29.4. The molecule has 18 heavy (non-hydrogen) atoms. The maximum Gasteiger partial charge on any atom is 0.448 e. The Morgan fingerprint density at radius 1 is 1.22 bits per heavy atom. The number of ketones is 1. The minimum absolute atomic E-state index is 0.411. The molecule has 102 valence electrons. The smallest absolute Gasteiger partial charge is 0.448 e. The van der Waals surface area contributed by atoms with Gasteiger partial charge in [0.1, 0.15) is 6.10 Å². The summed E-state index contributed by atoms with van der Waals surface area (Å²) in [6.07, 6.45) is -2.66. The van der Waals surface area contributed by atoms with Crippen LogP contribution in [0.3, 0.4) is 0 Å². The predicted octanol–water partition coefficient (Wildman–Crippen LogP) is 1.27. The van der Waals surface area contributed by atoms with Crippen LogP contribution in [-0.2, 0) is 9.53 Å². The van der Waals surface area contributed by atoms with Crippen molar-refractivity contribution in [2.45, 2.75) is 43.8 Å². The number of alkyl halides is 3. The molecule has 4 nitrogen and oxygen atoms in total. The highest BCUT2D eigenvalue weighted by molar-refractivity contribution is 5.99. The number of hydrogen-bond donors (Lipinski definition) is 2. The van der Waals surface area contributed by atoms with Gasteiger partial charge in [0.15, 0.2) is 5.78 Å². The molecule has 1 aliphatic heterocycles. The number of ether oxygens (including phenoxy) is 1. The number of fused-ring (bicyclic) bond motifs is 1. The van der Waals surface area contributed by atoms with E-state index in [0.717, 1.165) is 12.8 Å². The zero-order chi connectivity index (χ0) is 13.6. The van der Waals surface area contributed by atoms with Gasteiger partial charge in [0, 0.05) is 0 Å². The summed E-state index contributed by atoms with van der Waals surface area (Å²) in [4.78, 5) is 11.9. The van der Waals surface area contributed by atoms with Crippen molar-refractivity contribution in [2.24, 2.45) is 5.92 Å². The number of aliphatic hydroxyl groups is 2. The van der Waals surface area contributed by atoms with Gasteiger partial charge in [-0.2, -0.15) is 13.2 Å². The van der Waals surface area contributed by atoms with E-state index in [9.17, 15) is 18.0 Å². The van der Waals surface area contributed by atoms with Crippen LogP contribution >= 0.6 is 0 Å². The Bertz CT molecular complexity index is 386. The van der Waals surface area contributed by atoms with E-state index in [0.29, 0.717) is 19.1 Å². The fourth-order valence-electron chi connectivity index (χ4n) is 2.38. The van der Waals surface area contributed by atoms with Gasteiger partial charge in [-0.25, -0.2) is 0 Å². The number of rotatable bonds is 1. The summed E-state index contributed by atoms with van der Waals surface area (Å²) in [5.41, 5.74) is -1.13. The summed E-state index contributed by atoms with van der Waals surface area (Å²) in [6, 6.07) is 0. The standard InChI is InChI=1S/C11H13F3O4/c12-11(13,14)10(16,17)7-5-18-8-4-2-1-3-6(8)9(7)15/h5-6,8,16-17H,1-4H2. The molecule has 2 atom stereocenters. The van der Waals surface area contributed by atoms with Gasteiger partial charge >= 0.3 is 6.18 Å². The molecule has 2 rings (SSSR count). The van der Waals surface area contributed by atoms with Crippen LogP contribution in [0.4, 0.5) is 13.2 Å². The molecular weight excluding hydrogens is 253 g/mol. The van der Waals surface area contributed by atoms with Crippen LogP contribution < -0.4 is 0 Å².